The van der Waals surface area contributed by atoms with Gasteiger partial charge in [0.15, 0.2) is 0 Å². The lowest BCUT2D eigenvalue weighted by Crippen LogP contribution is -2.33. The van der Waals surface area contributed by atoms with Gasteiger partial charge in [0.25, 0.3) is 5.91 Å². The number of hydrogen-bond acceptors (Lipinski definition) is 7. The van der Waals surface area contributed by atoms with Crippen molar-refractivity contribution in [1.82, 2.24) is 20.3 Å². The molecule has 1 aromatic carbocycles. The number of anilines is 1. The summed E-state index contributed by atoms with van der Waals surface area (Å²) in [6.45, 7) is 4.63. The molecule has 3 aliphatic rings. The van der Waals surface area contributed by atoms with Gasteiger partial charge in [0.05, 0.1) is 31.5 Å². The van der Waals surface area contributed by atoms with E-state index in [0.29, 0.717) is 31.2 Å². The molecule has 1 aliphatic carbocycles. The molecule has 0 bridgehead atoms. The molecular weight excluding hydrogens is 452 g/mol. The van der Waals surface area contributed by atoms with Gasteiger partial charge in [-0.1, -0.05) is 6.07 Å². The van der Waals surface area contributed by atoms with E-state index in [2.05, 4.69) is 32.3 Å². The zero-order chi connectivity index (χ0) is 24.7. The number of fused-ring (bicyclic) bond motifs is 2. The minimum absolute atomic E-state index is 0.181. The second-order valence-corrected chi connectivity index (χ2v) is 10.2. The van der Waals surface area contributed by atoms with E-state index in [1.807, 2.05) is 37.5 Å². The Morgan fingerprint density at radius 1 is 1.22 bits per heavy atom. The Balaban J connectivity index is 1.14. The first-order chi connectivity index (χ1) is 17.5. The Hall–Kier alpha value is -3.83. The monoisotopic (exact) mass is 480 g/mol. The summed E-state index contributed by atoms with van der Waals surface area (Å²) in [5.74, 6) is 2.28. The first-order valence-corrected chi connectivity index (χ1v) is 12.5. The maximum absolute atomic E-state index is 12.9. The molecule has 8 heteroatoms. The number of hydrogen-bond donors (Lipinski definition) is 1. The third-order valence-corrected chi connectivity index (χ3v) is 7.37. The topological polar surface area (TPSA) is 104 Å². The molecule has 182 valence electrons. The Morgan fingerprint density at radius 3 is 2.94 bits per heavy atom. The highest BCUT2D eigenvalue weighted by molar-refractivity contribution is 5.94. The molecule has 6 rings (SSSR count). The fraction of sp³-hybridized carbons (Fsp3) is 0.393. The minimum Gasteiger partial charge on any atom is -0.375 e. The van der Waals surface area contributed by atoms with Crippen molar-refractivity contribution in [3.8, 4) is 6.07 Å². The van der Waals surface area contributed by atoms with Crippen LogP contribution in [0, 0.1) is 11.3 Å². The molecule has 1 fully saturated rings. The van der Waals surface area contributed by atoms with Gasteiger partial charge in [-0.05, 0) is 72.7 Å². The number of carbonyl (C=O) groups excluding carboxylic acids is 1. The van der Waals surface area contributed by atoms with Gasteiger partial charge >= 0.3 is 0 Å². The van der Waals surface area contributed by atoms with Crippen LogP contribution in [0.5, 0.6) is 0 Å². The van der Waals surface area contributed by atoms with Crippen LogP contribution in [0.15, 0.2) is 42.7 Å². The number of carbonyl (C=O) groups is 1. The molecule has 1 N–H and O–H groups in total. The van der Waals surface area contributed by atoms with Gasteiger partial charge in [0.1, 0.15) is 17.1 Å². The molecule has 2 aliphatic heterocycles. The zero-order valence-electron chi connectivity index (χ0n) is 20.3. The summed E-state index contributed by atoms with van der Waals surface area (Å²) in [6.07, 6.45) is 7.08. The summed E-state index contributed by atoms with van der Waals surface area (Å²) in [6, 6.07) is 11.9. The first kappa shape index (κ1) is 22.6. The summed E-state index contributed by atoms with van der Waals surface area (Å²) < 4.78 is 5.57. The summed E-state index contributed by atoms with van der Waals surface area (Å²) in [4.78, 5) is 29.1. The van der Waals surface area contributed by atoms with Crippen LogP contribution in [0.25, 0.3) is 0 Å². The van der Waals surface area contributed by atoms with Gasteiger partial charge in [-0.2, -0.15) is 5.26 Å². The lowest BCUT2D eigenvalue weighted by Gasteiger charge is -2.30. The number of nitriles is 1. The smallest absolute Gasteiger partial charge is 0.251 e. The molecule has 0 spiro atoms. The van der Waals surface area contributed by atoms with E-state index in [0.717, 1.165) is 48.0 Å². The number of ether oxygens (including phenoxy) is 1. The van der Waals surface area contributed by atoms with Gasteiger partial charge in [-0.3, -0.25) is 9.78 Å². The van der Waals surface area contributed by atoms with Crippen LogP contribution < -0.4 is 10.2 Å². The van der Waals surface area contributed by atoms with Gasteiger partial charge in [-0.15, -0.1) is 0 Å². The molecule has 0 radical (unpaired) electrons. The summed E-state index contributed by atoms with van der Waals surface area (Å²) >= 11 is 0. The van der Waals surface area contributed by atoms with E-state index in [-0.39, 0.29) is 5.91 Å². The average Bonchev–Trinajstić information content (AvgIpc) is 3.77. The Kier molecular flexibility index (Phi) is 5.65. The van der Waals surface area contributed by atoms with Gasteiger partial charge in [0, 0.05) is 37.0 Å². The number of benzene rings is 1. The third-order valence-electron chi connectivity index (χ3n) is 7.37. The highest BCUT2D eigenvalue weighted by Gasteiger charge is 2.33. The van der Waals surface area contributed by atoms with E-state index in [9.17, 15) is 10.1 Å². The molecule has 4 heterocycles. The molecule has 36 heavy (non-hydrogen) atoms. The number of rotatable bonds is 5. The second kappa shape index (κ2) is 8.99. The fourth-order valence-corrected chi connectivity index (χ4v) is 5.02. The molecule has 1 amide bonds. The maximum Gasteiger partial charge on any atom is 0.251 e. The van der Waals surface area contributed by atoms with Crippen LogP contribution in [0.3, 0.4) is 0 Å². The highest BCUT2D eigenvalue weighted by Crippen LogP contribution is 2.38. The van der Waals surface area contributed by atoms with Gasteiger partial charge in [0.2, 0.25) is 0 Å². The van der Waals surface area contributed by atoms with Crippen molar-refractivity contribution >= 4 is 11.7 Å². The quantitative estimate of drug-likeness (QED) is 0.595. The lowest BCUT2D eigenvalue weighted by atomic mass is 9.79. The average molecular weight is 481 g/mol. The molecule has 3 aromatic rings. The predicted octanol–water partition coefficient (Wildman–Crippen LogP) is 3.55. The van der Waals surface area contributed by atoms with E-state index in [1.165, 1.54) is 24.0 Å². The lowest BCUT2D eigenvalue weighted by molar-refractivity contribution is 0.0757. The molecule has 2 aromatic heterocycles. The Morgan fingerprint density at radius 2 is 2.11 bits per heavy atom. The standard InChI is InChI=1S/C28H28N6O2/c1-28(16-29)17-36-15-21-5-4-19(11-24(21)28)27(35)32-13-23-10-22-14-34(9-7-20(22)12-31-23)25-6-8-30-26(33-25)18-2-3-18/h4-6,8,10-12,18H,2-3,7,9,13-15,17H2,1H3,(H,32,35)/t28-/m1/s1. The van der Waals surface area contributed by atoms with Crippen LogP contribution in [0.2, 0.25) is 0 Å². The molecule has 1 atom stereocenters. The molecule has 0 saturated heterocycles. The van der Waals surface area contributed by atoms with Crippen molar-refractivity contribution in [2.45, 2.75) is 57.2 Å². The number of amides is 1. The van der Waals surface area contributed by atoms with Crippen LogP contribution in [0.4, 0.5) is 5.82 Å². The first-order valence-electron chi connectivity index (χ1n) is 12.5. The molecule has 8 nitrogen and oxygen atoms in total. The van der Waals surface area contributed by atoms with E-state index in [1.54, 1.807) is 6.07 Å². The third kappa shape index (κ3) is 4.31. The Bertz CT molecular complexity index is 1380. The van der Waals surface area contributed by atoms with Crippen LogP contribution >= 0.6 is 0 Å². The summed E-state index contributed by atoms with van der Waals surface area (Å²) in [7, 11) is 0. The molecule has 1 saturated carbocycles. The van der Waals surface area contributed by atoms with Crippen molar-refractivity contribution in [1.29, 1.82) is 5.26 Å². The van der Waals surface area contributed by atoms with E-state index in [4.69, 9.17) is 9.72 Å². The maximum atomic E-state index is 12.9. The van der Waals surface area contributed by atoms with Gasteiger partial charge < -0.3 is 15.0 Å². The highest BCUT2D eigenvalue weighted by atomic mass is 16.5. The van der Waals surface area contributed by atoms with Crippen molar-refractivity contribution in [2.24, 2.45) is 0 Å². The van der Waals surface area contributed by atoms with Crippen molar-refractivity contribution in [3.05, 3.63) is 82.1 Å². The molecule has 0 unspecified atom stereocenters. The van der Waals surface area contributed by atoms with Crippen LogP contribution in [-0.4, -0.2) is 34.0 Å². The summed E-state index contributed by atoms with van der Waals surface area (Å²) in [5.41, 5.74) is 4.88. The SMILES string of the molecule is C[C@@]1(C#N)COCc2ccc(C(=O)NCc3cc4c(cn3)CCN(c3ccnc(C5CC5)n3)C4)cc21. The largest absolute Gasteiger partial charge is 0.375 e. The van der Waals surface area contributed by atoms with Crippen molar-refractivity contribution < 1.29 is 9.53 Å². The second-order valence-electron chi connectivity index (χ2n) is 10.2. The van der Waals surface area contributed by atoms with E-state index < -0.39 is 5.41 Å². The number of nitrogens with one attached hydrogen (secondary N) is 1. The normalized spacial score (nSPS) is 20.7. The van der Waals surface area contributed by atoms with E-state index >= 15 is 0 Å². The van der Waals surface area contributed by atoms with Gasteiger partial charge in [-0.25, -0.2) is 9.97 Å². The van der Waals surface area contributed by atoms with Crippen LogP contribution in [0.1, 0.15) is 69.8 Å². The number of pyridine rings is 1. The number of nitrogens with zero attached hydrogens (tertiary/aromatic N) is 5. The Labute approximate surface area is 210 Å². The number of aromatic nitrogens is 3. The zero-order valence-corrected chi connectivity index (χ0v) is 20.3. The fourth-order valence-electron chi connectivity index (χ4n) is 5.02. The van der Waals surface area contributed by atoms with Crippen LogP contribution in [-0.2, 0) is 36.3 Å². The predicted molar refractivity (Wildman–Crippen MR) is 133 cm³/mol. The summed E-state index contributed by atoms with van der Waals surface area (Å²) in [5, 5.41) is 12.7. The minimum atomic E-state index is -0.751. The van der Waals surface area contributed by atoms with Crippen molar-refractivity contribution in [3.63, 3.8) is 0 Å². The molecular formula is C28H28N6O2. The van der Waals surface area contributed by atoms with Crippen molar-refractivity contribution in [2.75, 3.05) is 18.1 Å².